The van der Waals surface area contributed by atoms with Gasteiger partial charge in [0.25, 0.3) is 0 Å². The molecule has 2 rings (SSSR count). The number of methoxy groups -OCH3 is 2. The highest BCUT2D eigenvalue weighted by atomic mass is 127. The highest BCUT2D eigenvalue weighted by molar-refractivity contribution is 14.1. The van der Waals surface area contributed by atoms with Crippen LogP contribution in [0.25, 0.3) is 0 Å². The van der Waals surface area contributed by atoms with Crippen LogP contribution in [-0.4, -0.2) is 30.4 Å². The lowest BCUT2D eigenvalue weighted by atomic mass is 9.95. The zero-order valence-corrected chi connectivity index (χ0v) is 15.2. The van der Waals surface area contributed by atoms with Gasteiger partial charge in [-0.2, -0.15) is 0 Å². The van der Waals surface area contributed by atoms with Gasteiger partial charge in [0.2, 0.25) is 0 Å². The van der Waals surface area contributed by atoms with E-state index < -0.39 is 12.0 Å². The number of phenolic OH excluding ortho intramolecular Hbond substituents is 1. The molecule has 8 heteroatoms. The lowest BCUT2D eigenvalue weighted by molar-refractivity contribution is -0.136. The Balaban J connectivity index is 2.58. The monoisotopic (exact) mass is 434 g/mol. The van der Waals surface area contributed by atoms with Crippen molar-refractivity contribution < 1.29 is 19.4 Å². The SMILES string of the molecule is COC(=O)C1=C(C)NC(=S)N[C@H]1c1cc(I)c(O)c(OC)c1. The Morgan fingerprint density at radius 3 is 2.68 bits per heavy atom. The van der Waals surface area contributed by atoms with Gasteiger partial charge in [0, 0.05) is 5.70 Å². The summed E-state index contributed by atoms with van der Waals surface area (Å²) in [6.07, 6.45) is 0. The minimum Gasteiger partial charge on any atom is -0.504 e. The number of ether oxygens (including phenoxy) is 2. The fraction of sp³-hybridized carbons (Fsp3) is 0.286. The summed E-state index contributed by atoms with van der Waals surface area (Å²) in [6, 6.07) is 2.95. The van der Waals surface area contributed by atoms with Gasteiger partial charge in [0.1, 0.15) is 0 Å². The maximum Gasteiger partial charge on any atom is 0.337 e. The molecule has 0 aromatic heterocycles. The number of esters is 1. The molecule has 0 saturated carbocycles. The van der Waals surface area contributed by atoms with Crippen molar-refractivity contribution in [2.24, 2.45) is 0 Å². The largest absolute Gasteiger partial charge is 0.504 e. The van der Waals surface area contributed by atoms with Crippen LogP contribution in [0.4, 0.5) is 0 Å². The first kappa shape index (κ1) is 16.8. The highest BCUT2D eigenvalue weighted by Crippen LogP contribution is 2.37. The molecule has 0 radical (unpaired) electrons. The number of carbonyl (C=O) groups is 1. The first-order valence-corrected chi connectivity index (χ1v) is 7.80. The predicted octanol–water partition coefficient (Wildman–Crippen LogP) is 1.97. The smallest absolute Gasteiger partial charge is 0.337 e. The van der Waals surface area contributed by atoms with Gasteiger partial charge < -0.3 is 25.2 Å². The van der Waals surface area contributed by atoms with Crippen molar-refractivity contribution in [2.45, 2.75) is 13.0 Å². The van der Waals surface area contributed by atoms with E-state index in [9.17, 15) is 9.90 Å². The quantitative estimate of drug-likeness (QED) is 0.382. The van der Waals surface area contributed by atoms with E-state index in [1.54, 1.807) is 19.1 Å². The lowest BCUT2D eigenvalue weighted by Crippen LogP contribution is -2.45. The number of aromatic hydroxyl groups is 1. The van der Waals surface area contributed by atoms with Crippen LogP contribution in [0.5, 0.6) is 11.5 Å². The van der Waals surface area contributed by atoms with Crippen molar-refractivity contribution in [1.29, 1.82) is 0 Å². The van der Waals surface area contributed by atoms with E-state index in [2.05, 4.69) is 10.6 Å². The molecule has 1 aromatic rings. The third-order valence-electron chi connectivity index (χ3n) is 3.28. The average Bonchev–Trinajstić information content (AvgIpc) is 2.48. The molecule has 0 bridgehead atoms. The fourth-order valence-electron chi connectivity index (χ4n) is 2.24. The second-order valence-corrected chi connectivity index (χ2v) is 6.19. The van der Waals surface area contributed by atoms with Crippen LogP contribution in [0.2, 0.25) is 0 Å². The summed E-state index contributed by atoms with van der Waals surface area (Å²) in [6.45, 7) is 1.76. The minimum absolute atomic E-state index is 0.0590. The maximum absolute atomic E-state index is 12.1. The average molecular weight is 434 g/mol. The van der Waals surface area contributed by atoms with Gasteiger partial charge in [0.05, 0.1) is 29.4 Å². The summed E-state index contributed by atoms with van der Waals surface area (Å²) >= 11 is 7.17. The van der Waals surface area contributed by atoms with Crippen LogP contribution >= 0.6 is 34.8 Å². The number of benzene rings is 1. The Bertz CT molecular complexity index is 675. The fourth-order valence-corrected chi connectivity index (χ4v) is 3.14. The first-order chi connectivity index (χ1) is 10.4. The predicted molar refractivity (Wildman–Crippen MR) is 93.7 cm³/mol. The molecule has 0 aliphatic carbocycles. The molecule has 6 nitrogen and oxygen atoms in total. The van der Waals surface area contributed by atoms with Gasteiger partial charge in [-0.15, -0.1) is 0 Å². The molecule has 0 unspecified atom stereocenters. The molecule has 0 saturated heterocycles. The Morgan fingerprint density at radius 2 is 2.09 bits per heavy atom. The molecule has 1 aliphatic heterocycles. The Kier molecular flexibility index (Phi) is 5.12. The van der Waals surface area contributed by atoms with Gasteiger partial charge in [-0.05, 0) is 59.4 Å². The Hall–Kier alpha value is -1.55. The molecule has 3 N–H and O–H groups in total. The molecule has 22 heavy (non-hydrogen) atoms. The van der Waals surface area contributed by atoms with Crippen molar-refractivity contribution in [3.05, 3.63) is 32.5 Å². The van der Waals surface area contributed by atoms with E-state index in [0.29, 0.717) is 25.7 Å². The van der Waals surface area contributed by atoms with Crippen LogP contribution in [0.1, 0.15) is 18.5 Å². The Morgan fingerprint density at radius 1 is 1.41 bits per heavy atom. The van der Waals surface area contributed by atoms with Gasteiger partial charge in [-0.1, -0.05) is 0 Å². The second-order valence-electron chi connectivity index (χ2n) is 4.62. The second kappa shape index (κ2) is 6.69. The third-order valence-corrected chi connectivity index (χ3v) is 4.32. The summed E-state index contributed by atoms with van der Waals surface area (Å²) in [5.41, 5.74) is 1.80. The molecule has 1 aromatic carbocycles. The highest BCUT2D eigenvalue weighted by Gasteiger charge is 2.31. The van der Waals surface area contributed by atoms with Crippen molar-refractivity contribution in [2.75, 3.05) is 14.2 Å². The molecule has 1 atom stereocenters. The summed E-state index contributed by atoms with van der Waals surface area (Å²) in [7, 11) is 2.80. The van der Waals surface area contributed by atoms with E-state index >= 15 is 0 Å². The zero-order chi connectivity index (χ0) is 16.4. The summed E-state index contributed by atoms with van der Waals surface area (Å²) in [5.74, 6) is -0.0641. The van der Waals surface area contributed by atoms with Gasteiger partial charge in [0.15, 0.2) is 16.6 Å². The molecule has 1 aliphatic rings. The third kappa shape index (κ3) is 3.12. The summed E-state index contributed by atoms with van der Waals surface area (Å²) < 4.78 is 10.6. The number of thiocarbonyl (C=S) groups is 1. The number of hydrogen-bond donors (Lipinski definition) is 3. The Labute approximate surface area is 147 Å². The standard InChI is InChI=1S/C14H15IN2O4S/c1-6-10(13(19)21-3)11(17-14(22)16-6)7-4-8(15)12(18)9(5-7)20-2/h4-5,11,18H,1-3H3,(H2,16,17,22)/t11-/m0/s1. The number of nitrogens with one attached hydrogen (secondary N) is 2. The lowest BCUT2D eigenvalue weighted by Gasteiger charge is -2.30. The number of phenols is 1. The van der Waals surface area contributed by atoms with Crippen LogP contribution in [-0.2, 0) is 9.53 Å². The van der Waals surface area contributed by atoms with Crippen molar-refractivity contribution in [3.8, 4) is 11.5 Å². The normalized spacial score (nSPS) is 17.6. The van der Waals surface area contributed by atoms with E-state index in [0.717, 1.165) is 5.56 Å². The molecule has 118 valence electrons. The van der Waals surface area contributed by atoms with Gasteiger partial charge in [-0.25, -0.2) is 4.79 Å². The van der Waals surface area contributed by atoms with Crippen LogP contribution in [0.15, 0.2) is 23.4 Å². The maximum atomic E-state index is 12.1. The van der Waals surface area contributed by atoms with Gasteiger partial charge >= 0.3 is 5.97 Å². The van der Waals surface area contributed by atoms with E-state index in [4.69, 9.17) is 21.7 Å². The van der Waals surface area contributed by atoms with Crippen LogP contribution in [0, 0.1) is 3.57 Å². The number of carbonyl (C=O) groups excluding carboxylic acids is 1. The summed E-state index contributed by atoms with van der Waals surface area (Å²) in [5, 5.41) is 16.3. The molecule has 1 heterocycles. The molecular formula is C14H15IN2O4S. The van der Waals surface area contributed by atoms with Gasteiger partial charge in [-0.3, -0.25) is 0 Å². The summed E-state index contributed by atoms with van der Waals surface area (Å²) in [4.78, 5) is 12.1. The minimum atomic E-state index is -0.482. The number of hydrogen-bond acceptors (Lipinski definition) is 5. The molecule has 0 fully saturated rings. The topological polar surface area (TPSA) is 79.8 Å². The number of halogens is 1. The van der Waals surface area contributed by atoms with E-state index in [1.807, 2.05) is 22.6 Å². The number of allylic oxidation sites excluding steroid dienone is 1. The van der Waals surface area contributed by atoms with Crippen molar-refractivity contribution >= 4 is 45.9 Å². The first-order valence-electron chi connectivity index (χ1n) is 6.32. The van der Waals surface area contributed by atoms with E-state index in [-0.39, 0.29) is 5.75 Å². The van der Waals surface area contributed by atoms with Crippen LogP contribution in [0.3, 0.4) is 0 Å². The van der Waals surface area contributed by atoms with Crippen LogP contribution < -0.4 is 15.4 Å². The van der Waals surface area contributed by atoms with Crippen molar-refractivity contribution in [3.63, 3.8) is 0 Å². The molecular weight excluding hydrogens is 419 g/mol. The van der Waals surface area contributed by atoms with Crippen molar-refractivity contribution in [1.82, 2.24) is 10.6 Å². The van der Waals surface area contributed by atoms with E-state index in [1.165, 1.54) is 14.2 Å². The molecule has 0 spiro atoms. The zero-order valence-electron chi connectivity index (χ0n) is 12.2. The number of rotatable bonds is 3. The molecule has 0 amide bonds.